The molecule has 0 aliphatic heterocycles. The van der Waals surface area contributed by atoms with E-state index in [1.807, 2.05) is 0 Å². The summed E-state index contributed by atoms with van der Waals surface area (Å²) in [5.74, 6) is 0.983. The highest BCUT2D eigenvalue weighted by atomic mass is 16.1. The Hall–Kier alpha value is -0.590. The second-order valence-corrected chi connectivity index (χ2v) is 6.63. The summed E-state index contributed by atoms with van der Waals surface area (Å²) >= 11 is 0. The number of unbranched alkanes of at least 4 members (excludes halogenated alkanes) is 3. The van der Waals surface area contributed by atoms with Gasteiger partial charge in [-0.3, -0.25) is 4.79 Å². The lowest BCUT2D eigenvalue weighted by molar-refractivity contribution is -0.125. The third-order valence-electron chi connectivity index (χ3n) is 5.54. The topological polar surface area (TPSA) is 17.1 Å². The van der Waals surface area contributed by atoms with Gasteiger partial charge < -0.3 is 0 Å². The van der Waals surface area contributed by atoms with Crippen molar-refractivity contribution in [2.45, 2.75) is 66.2 Å². The molecule has 0 unspecified atom stereocenters. The van der Waals surface area contributed by atoms with Crippen LogP contribution in [-0.4, -0.2) is 5.78 Å². The number of hydrogen-bond acceptors (Lipinski definition) is 1. The maximum atomic E-state index is 12.5. The Morgan fingerprint density at radius 2 is 2.00 bits per heavy atom. The SMILES string of the molecule is CCCCC/C=C1/C(=O)[C@]2(C)CC[C@@H]1C2(C)C. The number of allylic oxidation sites excluding steroid dienone is 2. The molecule has 96 valence electrons. The van der Waals surface area contributed by atoms with Crippen LogP contribution in [0.5, 0.6) is 0 Å². The number of ketones is 1. The summed E-state index contributed by atoms with van der Waals surface area (Å²) in [5.41, 5.74) is 1.27. The van der Waals surface area contributed by atoms with Crippen molar-refractivity contribution in [1.29, 1.82) is 0 Å². The summed E-state index contributed by atoms with van der Waals surface area (Å²) in [6.07, 6.45) is 9.43. The minimum atomic E-state index is -0.0751. The van der Waals surface area contributed by atoms with Gasteiger partial charge in [0.05, 0.1) is 0 Å². The average molecular weight is 234 g/mol. The van der Waals surface area contributed by atoms with Gasteiger partial charge >= 0.3 is 0 Å². The van der Waals surface area contributed by atoms with Crippen LogP contribution in [0.4, 0.5) is 0 Å². The Balaban J connectivity index is 2.14. The first-order valence-electron chi connectivity index (χ1n) is 7.20. The highest BCUT2D eigenvalue weighted by molar-refractivity contribution is 6.04. The molecule has 0 amide bonds. The third-order valence-corrected chi connectivity index (χ3v) is 5.54. The van der Waals surface area contributed by atoms with Crippen LogP contribution >= 0.6 is 0 Å². The first-order chi connectivity index (χ1) is 7.95. The van der Waals surface area contributed by atoms with Crippen LogP contribution in [0.3, 0.4) is 0 Å². The Morgan fingerprint density at radius 3 is 2.53 bits per heavy atom. The second kappa shape index (κ2) is 4.26. The van der Waals surface area contributed by atoms with Gasteiger partial charge in [0.25, 0.3) is 0 Å². The van der Waals surface area contributed by atoms with Gasteiger partial charge in [-0.25, -0.2) is 0 Å². The first-order valence-corrected chi connectivity index (χ1v) is 7.20. The maximum Gasteiger partial charge on any atom is 0.165 e. The summed E-state index contributed by atoms with van der Waals surface area (Å²) < 4.78 is 0. The van der Waals surface area contributed by atoms with Crippen LogP contribution in [0.15, 0.2) is 11.6 Å². The van der Waals surface area contributed by atoms with E-state index < -0.39 is 0 Å². The molecule has 0 saturated heterocycles. The van der Waals surface area contributed by atoms with E-state index >= 15 is 0 Å². The standard InChI is InChI=1S/C16H26O/c1-5-6-7-8-9-12-13-10-11-16(4,14(12)17)15(13,2)3/h9,13H,5-8,10-11H2,1-4H3/b12-9+/t13-,16-/m0/s1. The van der Waals surface area contributed by atoms with E-state index in [0.29, 0.717) is 11.7 Å². The number of fused-ring (bicyclic) bond motifs is 2. The van der Waals surface area contributed by atoms with E-state index in [4.69, 9.17) is 0 Å². The molecule has 17 heavy (non-hydrogen) atoms. The molecule has 2 saturated carbocycles. The Labute approximate surface area is 106 Å². The van der Waals surface area contributed by atoms with Crippen molar-refractivity contribution in [2.24, 2.45) is 16.7 Å². The van der Waals surface area contributed by atoms with E-state index in [1.165, 1.54) is 31.3 Å². The van der Waals surface area contributed by atoms with Crippen molar-refractivity contribution in [2.75, 3.05) is 0 Å². The molecule has 2 atom stereocenters. The molecule has 0 heterocycles. The monoisotopic (exact) mass is 234 g/mol. The Morgan fingerprint density at radius 1 is 1.29 bits per heavy atom. The van der Waals surface area contributed by atoms with Gasteiger partial charge in [0, 0.05) is 5.41 Å². The zero-order valence-corrected chi connectivity index (χ0v) is 11.8. The normalized spacial score (nSPS) is 37.1. The fourth-order valence-electron chi connectivity index (χ4n) is 3.81. The molecule has 1 nitrogen and oxygen atoms in total. The van der Waals surface area contributed by atoms with Gasteiger partial charge in [-0.15, -0.1) is 0 Å². The van der Waals surface area contributed by atoms with Crippen molar-refractivity contribution < 1.29 is 4.79 Å². The van der Waals surface area contributed by atoms with Crippen molar-refractivity contribution >= 4 is 5.78 Å². The fraction of sp³-hybridized carbons (Fsp3) is 0.812. The van der Waals surface area contributed by atoms with Crippen molar-refractivity contribution in [3.05, 3.63) is 11.6 Å². The zero-order valence-electron chi connectivity index (χ0n) is 11.8. The summed E-state index contributed by atoms with van der Waals surface area (Å²) in [6, 6.07) is 0. The van der Waals surface area contributed by atoms with Gasteiger partial charge in [0.1, 0.15) is 0 Å². The lowest BCUT2D eigenvalue weighted by atomic mass is 9.70. The molecule has 0 N–H and O–H groups in total. The van der Waals surface area contributed by atoms with E-state index in [2.05, 4.69) is 33.8 Å². The number of rotatable bonds is 4. The molecule has 0 spiro atoms. The molecule has 2 aliphatic carbocycles. The predicted molar refractivity (Wildman–Crippen MR) is 71.8 cm³/mol. The average Bonchev–Trinajstić information content (AvgIpc) is 2.58. The van der Waals surface area contributed by atoms with Crippen LogP contribution in [0.25, 0.3) is 0 Å². The quantitative estimate of drug-likeness (QED) is 0.516. The van der Waals surface area contributed by atoms with Crippen LogP contribution in [0, 0.1) is 16.7 Å². The first kappa shape index (κ1) is 12.9. The third kappa shape index (κ3) is 1.70. The fourth-order valence-corrected chi connectivity index (χ4v) is 3.81. The van der Waals surface area contributed by atoms with E-state index in [0.717, 1.165) is 12.8 Å². The number of hydrogen-bond donors (Lipinski definition) is 0. The molecule has 0 aromatic heterocycles. The lowest BCUT2D eigenvalue weighted by Crippen LogP contribution is -2.32. The zero-order chi connectivity index (χ0) is 12.7. The lowest BCUT2D eigenvalue weighted by Gasteiger charge is -2.31. The molecule has 0 radical (unpaired) electrons. The minimum Gasteiger partial charge on any atom is -0.294 e. The summed E-state index contributed by atoms with van der Waals surface area (Å²) in [4.78, 5) is 12.5. The predicted octanol–water partition coefficient (Wildman–Crippen LogP) is 4.52. The summed E-state index contributed by atoms with van der Waals surface area (Å²) in [7, 11) is 0. The van der Waals surface area contributed by atoms with Crippen LogP contribution < -0.4 is 0 Å². The highest BCUT2D eigenvalue weighted by Gasteiger charge is 2.63. The van der Waals surface area contributed by atoms with E-state index in [1.54, 1.807) is 0 Å². The molecular weight excluding hydrogens is 208 g/mol. The molecular formula is C16H26O. The van der Waals surface area contributed by atoms with Gasteiger partial charge in [0.15, 0.2) is 5.78 Å². The Bertz CT molecular complexity index is 351. The Kier molecular flexibility index (Phi) is 3.22. The van der Waals surface area contributed by atoms with Crippen molar-refractivity contribution in [3.8, 4) is 0 Å². The van der Waals surface area contributed by atoms with Gasteiger partial charge in [0.2, 0.25) is 0 Å². The van der Waals surface area contributed by atoms with E-state index in [-0.39, 0.29) is 10.8 Å². The van der Waals surface area contributed by atoms with Crippen LogP contribution in [0.1, 0.15) is 66.2 Å². The second-order valence-electron chi connectivity index (χ2n) is 6.63. The maximum absolute atomic E-state index is 12.5. The number of carbonyl (C=O) groups is 1. The highest BCUT2D eigenvalue weighted by Crippen LogP contribution is 2.65. The van der Waals surface area contributed by atoms with Gasteiger partial charge in [-0.2, -0.15) is 0 Å². The van der Waals surface area contributed by atoms with Gasteiger partial charge in [-0.05, 0) is 42.6 Å². The molecule has 0 aromatic rings. The minimum absolute atomic E-state index is 0.0751. The number of carbonyl (C=O) groups excluding carboxylic acids is 1. The van der Waals surface area contributed by atoms with Crippen LogP contribution in [-0.2, 0) is 4.79 Å². The molecule has 0 aromatic carbocycles. The largest absolute Gasteiger partial charge is 0.294 e. The summed E-state index contributed by atoms with van der Waals surface area (Å²) in [6.45, 7) is 8.98. The van der Waals surface area contributed by atoms with E-state index in [9.17, 15) is 4.79 Å². The molecule has 2 aliphatic rings. The number of Topliss-reactive ketones (excluding diaryl/α,β-unsaturated/α-hetero) is 1. The van der Waals surface area contributed by atoms with Gasteiger partial charge in [-0.1, -0.05) is 46.6 Å². The van der Waals surface area contributed by atoms with Crippen LogP contribution in [0.2, 0.25) is 0 Å². The molecule has 2 rings (SSSR count). The molecule has 2 fully saturated rings. The summed E-state index contributed by atoms with van der Waals surface area (Å²) in [5, 5.41) is 0. The molecule has 2 bridgehead atoms. The van der Waals surface area contributed by atoms with Crippen molar-refractivity contribution in [3.63, 3.8) is 0 Å². The van der Waals surface area contributed by atoms with Crippen molar-refractivity contribution in [1.82, 2.24) is 0 Å². The smallest absolute Gasteiger partial charge is 0.165 e. The molecule has 1 heteroatoms.